The molecule has 0 aliphatic heterocycles. The van der Waals surface area contributed by atoms with Crippen LogP contribution in [0.3, 0.4) is 0 Å². The number of ether oxygens (including phenoxy) is 3. The predicted molar refractivity (Wildman–Crippen MR) is 125 cm³/mol. The van der Waals surface area contributed by atoms with Gasteiger partial charge in [-0.3, -0.25) is 4.79 Å². The van der Waals surface area contributed by atoms with Gasteiger partial charge in [0, 0.05) is 30.4 Å². The van der Waals surface area contributed by atoms with Crippen LogP contribution in [0.1, 0.15) is 5.56 Å². The van der Waals surface area contributed by atoms with Crippen molar-refractivity contribution < 1.29 is 27.4 Å². The van der Waals surface area contributed by atoms with Crippen LogP contribution in [-0.2, 0) is 21.4 Å². The minimum atomic E-state index is -3.97. The molecule has 0 saturated carbocycles. The van der Waals surface area contributed by atoms with E-state index in [9.17, 15) is 13.2 Å². The summed E-state index contributed by atoms with van der Waals surface area (Å²) in [5.74, 6) is 1.03. The van der Waals surface area contributed by atoms with E-state index in [1.165, 1.54) is 33.5 Å². The molecule has 0 radical (unpaired) electrons. The number of carbonyl (C=O) groups excluding carboxylic acids is 1. The van der Waals surface area contributed by atoms with E-state index in [1.807, 2.05) is 18.2 Å². The summed E-state index contributed by atoms with van der Waals surface area (Å²) >= 11 is 0. The van der Waals surface area contributed by atoms with E-state index in [4.69, 9.17) is 14.2 Å². The number of benzene rings is 3. The molecule has 33 heavy (non-hydrogen) atoms. The molecule has 0 unspecified atom stereocenters. The largest absolute Gasteiger partial charge is 0.497 e. The number of nitrogens with one attached hydrogen (secondary N) is 1. The number of nitrogens with zero attached hydrogens (tertiary/aromatic N) is 1. The first-order chi connectivity index (χ1) is 15.8. The average molecular weight is 471 g/mol. The first-order valence-electron chi connectivity index (χ1n) is 10.1. The fourth-order valence-electron chi connectivity index (χ4n) is 3.15. The van der Waals surface area contributed by atoms with Gasteiger partial charge in [-0.25, -0.2) is 8.42 Å². The lowest BCUT2D eigenvalue weighted by Crippen LogP contribution is -2.37. The second-order valence-electron chi connectivity index (χ2n) is 7.08. The van der Waals surface area contributed by atoms with Crippen LogP contribution in [0.25, 0.3) is 0 Å². The van der Waals surface area contributed by atoms with Gasteiger partial charge in [0.15, 0.2) is 0 Å². The van der Waals surface area contributed by atoms with Gasteiger partial charge in [-0.05, 0) is 29.8 Å². The highest BCUT2D eigenvalue weighted by Crippen LogP contribution is 2.26. The van der Waals surface area contributed by atoms with Gasteiger partial charge in [0.05, 0.1) is 32.8 Å². The topological polar surface area (TPSA) is 94.2 Å². The van der Waals surface area contributed by atoms with Crippen LogP contribution in [0.15, 0.2) is 77.7 Å². The number of carbonyl (C=O) groups is 1. The molecule has 0 aromatic heterocycles. The normalized spacial score (nSPS) is 11.2. The zero-order valence-corrected chi connectivity index (χ0v) is 19.5. The highest BCUT2D eigenvalue weighted by molar-refractivity contribution is 7.89. The van der Waals surface area contributed by atoms with Crippen LogP contribution in [0.2, 0.25) is 0 Å². The summed E-state index contributed by atoms with van der Waals surface area (Å²) in [6.45, 7) is -0.354. The van der Waals surface area contributed by atoms with Gasteiger partial charge in [-0.2, -0.15) is 4.31 Å². The first-order valence-corrected chi connectivity index (χ1v) is 11.5. The van der Waals surface area contributed by atoms with Crippen LogP contribution >= 0.6 is 0 Å². The Labute approximate surface area is 193 Å². The van der Waals surface area contributed by atoms with Crippen molar-refractivity contribution in [3.8, 4) is 17.2 Å². The molecule has 0 bridgehead atoms. The Kier molecular flexibility index (Phi) is 7.92. The number of hydrogen-bond acceptors (Lipinski definition) is 6. The Bertz CT molecular complexity index is 1160. The molecule has 174 valence electrons. The van der Waals surface area contributed by atoms with Crippen molar-refractivity contribution in [3.63, 3.8) is 0 Å². The van der Waals surface area contributed by atoms with Gasteiger partial charge in [0.2, 0.25) is 15.9 Å². The molecule has 3 rings (SSSR count). The molecule has 0 aliphatic rings. The zero-order chi connectivity index (χ0) is 23.8. The molecule has 3 aromatic carbocycles. The Hall–Kier alpha value is -3.56. The minimum absolute atomic E-state index is 0.0318. The lowest BCUT2D eigenvalue weighted by Gasteiger charge is -2.22. The standard InChI is InChI=1S/C24H26N2O6S/c1-30-20-9-11-23(12-10-20)33(28,29)26(16-18-7-5-4-6-8-18)17-24(27)25-19-13-21(31-2)15-22(14-19)32-3/h4-15H,16-17H2,1-3H3,(H,25,27). The van der Waals surface area contributed by atoms with E-state index in [0.29, 0.717) is 22.9 Å². The first kappa shape index (κ1) is 24.1. The summed E-state index contributed by atoms with van der Waals surface area (Å²) in [4.78, 5) is 12.9. The van der Waals surface area contributed by atoms with Crippen molar-refractivity contribution in [2.45, 2.75) is 11.4 Å². The summed E-state index contributed by atoms with van der Waals surface area (Å²) in [5, 5.41) is 2.72. The van der Waals surface area contributed by atoms with Crippen molar-refractivity contribution in [2.75, 3.05) is 33.2 Å². The Morgan fingerprint density at radius 3 is 1.94 bits per heavy atom. The van der Waals surface area contributed by atoms with Crippen molar-refractivity contribution in [1.82, 2.24) is 4.31 Å². The van der Waals surface area contributed by atoms with Gasteiger partial charge < -0.3 is 19.5 Å². The van der Waals surface area contributed by atoms with E-state index in [0.717, 1.165) is 9.87 Å². The quantitative estimate of drug-likeness (QED) is 0.487. The summed E-state index contributed by atoms with van der Waals surface area (Å²) < 4.78 is 43.5. The van der Waals surface area contributed by atoms with Crippen LogP contribution in [0.4, 0.5) is 5.69 Å². The van der Waals surface area contributed by atoms with Gasteiger partial charge in [0.25, 0.3) is 0 Å². The van der Waals surface area contributed by atoms with Crippen molar-refractivity contribution in [2.24, 2.45) is 0 Å². The minimum Gasteiger partial charge on any atom is -0.497 e. The number of methoxy groups -OCH3 is 3. The van der Waals surface area contributed by atoms with Crippen LogP contribution in [0.5, 0.6) is 17.2 Å². The van der Waals surface area contributed by atoms with E-state index in [1.54, 1.807) is 42.5 Å². The zero-order valence-electron chi connectivity index (χ0n) is 18.6. The number of rotatable bonds is 10. The molecule has 0 saturated heterocycles. The van der Waals surface area contributed by atoms with Crippen molar-refractivity contribution in [3.05, 3.63) is 78.4 Å². The van der Waals surface area contributed by atoms with Crippen LogP contribution < -0.4 is 19.5 Å². The maximum atomic E-state index is 13.4. The summed E-state index contributed by atoms with van der Waals surface area (Å²) in [5.41, 5.74) is 1.18. The fraction of sp³-hybridized carbons (Fsp3) is 0.208. The van der Waals surface area contributed by atoms with E-state index >= 15 is 0 Å². The van der Waals surface area contributed by atoms with Gasteiger partial charge >= 0.3 is 0 Å². The van der Waals surface area contributed by atoms with Gasteiger partial charge in [-0.15, -0.1) is 0 Å². The maximum Gasteiger partial charge on any atom is 0.243 e. The monoisotopic (exact) mass is 470 g/mol. The van der Waals surface area contributed by atoms with Crippen LogP contribution in [-0.4, -0.2) is 46.5 Å². The summed E-state index contributed by atoms with van der Waals surface area (Å²) in [6.07, 6.45) is 0. The second-order valence-corrected chi connectivity index (χ2v) is 9.02. The molecule has 0 spiro atoms. The molecule has 1 amide bonds. The van der Waals surface area contributed by atoms with Crippen LogP contribution in [0, 0.1) is 0 Å². The lowest BCUT2D eigenvalue weighted by atomic mass is 10.2. The Balaban J connectivity index is 1.87. The molecule has 1 N–H and O–H groups in total. The molecule has 9 heteroatoms. The van der Waals surface area contributed by atoms with Crippen molar-refractivity contribution in [1.29, 1.82) is 0 Å². The number of sulfonamides is 1. The Morgan fingerprint density at radius 2 is 1.39 bits per heavy atom. The molecule has 0 aliphatic carbocycles. The second kappa shape index (κ2) is 10.8. The third-order valence-corrected chi connectivity index (χ3v) is 6.66. The molecule has 0 fully saturated rings. The summed E-state index contributed by atoms with van der Waals surface area (Å²) in [7, 11) is 0.540. The highest BCUT2D eigenvalue weighted by Gasteiger charge is 2.27. The number of amides is 1. The Morgan fingerprint density at radius 1 is 0.818 bits per heavy atom. The highest BCUT2D eigenvalue weighted by atomic mass is 32.2. The maximum absolute atomic E-state index is 13.4. The molecule has 0 atom stereocenters. The molecule has 8 nitrogen and oxygen atoms in total. The molecular formula is C24H26N2O6S. The number of hydrogen-bond donors (Lipinski definition) is 1. The van der Waals surface area contributed by atoms with Gasteiger partial charge in [0.1, 0.15) is 17.2 Å². The molecular weight excluding hydrogens is 444 g/mol. The predicted octanol–water partition coefficient (Wildman–Crippen LogP) is 3.54. The smallest absolute Gasteiger partial charge is 0.243 e. The molecule has 3 aromatic rings. The van der Waals surface area contributed by atoms with E-state index in [-0.39, 0.29) is 18.0 Å². The van der Waals surface area contributed by atoms with Crippen molar-refractivity contribution >= 4 is 21.6 Å². The molecule has 0 heterocycles. The van der Waals surface area contributed by atoms with Gasteiger partial charge in [-0.1, -0.05) is 30.3 Å². The van der Waals surface area contributed by atoms with E-state index in [2.05, 4.69) is 5.32 Å². The van der Waals surface area contributed by atoms with E-state index < -0.39 is 15.9 Å². The fourth-order valence-corrected chi connectivity index (χ4v) is 4.53. The number of anilines is 1. The lowest BCUT2D eigenvalue weighted by molar-refractivity contribution is -0.116. The average Bonchev–Trinajstić information content (AvgIpc) is 2.83. The summed E-state index contributed by atoms with van der Waals surface area (Å²) in [6, 6.07) is 20.1. The third-order valence-electron chi connectivity index (χ3n) is 4.85. The third kappa shape index (κ3) is 6.24. The SMILES string of the molecule is COc1ccc(S(=O)(=O)N(CC(=O)Nc2cc(OC)cc(OC)c2)Cc2ccccc2)cc1.